The lowest BCUT2D eigenvalue weighted by molar-refractivity contribution is 0.281. The molecule has 1 aromatic carbocycles. The van der Waals surface area contributed by atoms with Crippen LogP contribution in [0.2, 0.25) is 0 Å². The summed E-state index contributed by atoms with van der Waals surface area (Å²) in [7, 11) is 1.65. The molecule has 0 fully saturated rings. The van der Waals surface area contributed by atoms with Gasteiger partial charge in [0.15, 0.2) is 0 Å². The number of thiophene rings is 1. The maximum Gasteiger partial charge on any atom is 0.120 e. The molecule has 1 N–H and O–H groups in total. The molecule has 0 aliphatic heterocycles. The Labute approximate surface area is 81.0 Å². The fourth-order valence-electron chi connectivity index (χ4n) is 1.47. The summed E-state index contributed by atoms with van der Waals surface area (Å²) < 4.78 is 1.22. The second kappa shape index (κ2) is 3.01. The van der Waals surface area contributed by atoms with Crippen molar-refractivity contribution in [3.05, 3.63) is 29.8 Å². The third kappa shape index (κ3) is 1.30. The van der Waals surface area contributed by atoms with Crippen LogP contribution in [0, 0.1) is 6.92 Å². The van der Waals surface area contributed by atoms with Crippen LogP contribution in [0.1, 0.15) is 5.56 Å². The molecule has 2 nitrogen and oxygen atoms in total. The SMILES string of the molecule is Cc1c(N(C)O)sc2ccccc12. The van der Waals surface area contributed by atoms with Gasteiger partial charge in [0.25, 0.3) is 0 Å². The Balaban J connectivity index is 2.74. The highest BCUT2D eigenvalue weighted by Crippen LogP contribution is 2.35. The minimum Gasteiger partial charge on any atom is -0.288 e. The molecule has 1 aromatic heterocycles. The zero-order valence-electron chi connectivity index (χ0n) is 7.61. The van der Waals surface area contributed by atoms with Crippen molar-refractivity contribution in [2.24, 2.45) is 0 Å². The van der Waals surface area contributed by atoms with Gasteiger partial charge in [-0.1, -0.05) is 18.2 Å². The standard InChI is InChI=1S/C10H11NOS/c1-7-8-5-3-4-6-9(8)13-10(7)11(2)12/h3-6,12H,1-2H3. The second-order valence-electron chi connectivity index (χ2n) is 3.05. The lowest BCUT2D eigenvalue weighted by Crippen LogP contribution is -2.08. The third-order valence-electron chi connectivity index (χ3n) is 2.11. The zero-order valence-corrected chi connectivity index (χ0v) is 8.43. The smallest absolute Gasteiger partial charge is 0.120 e. The minimum absolute atomic E-state index is 0.918. The van der Waals surface area contributed by atoms with Crippen LogP contribution in [0.3, 0.4) is 0 Å². The van der Waals surface area contributed by atoms with Crippen molar-refractivity contribution in [2.75, 3.05) is 12.1 Å². The lowest BCUT2D eigenvalue weighted by Gasteiger charge is -2.07. The van der Waals surface area contributed by atoms with Crippen LogP contribution in [-0.2, 0) is 0 Å². The molecular weight excluding hydrogens is 182 g/mol. The molecule has 0 unspecified atom stereocenters. The Morgan fingerprint density at radius 2 is 2.00 bits per heavy atom. The maximum atomic E-state index is 9.35. The number of fused-ring (bicyclic) bond motifs is 1. The van der Waals surface area contributed by atoms with Crippen LogP contribution in [-0.4, -0.2) is 12.3 Å². The molecule has 0 amide bonds. The molecule has 3 heteroatoms. The zero-order chi connectivity index (χ0) is 9.42. The van der Waals surface area contributed by atoms with Gasteiger partial charge in [0, 0.05) is 11.7 Å². The van der Waals surface area contributed by atoms with Gasteiger partial charge in [-0.15, -0.1) is 11.3 Å². The number of nitrogens with zero attached hydrogens (tertiary/aromatic N) is 1. The van der Waals surface area contributed by atoms with Gasteiger partial charge in [-0.25, -0.2) is 5.06 Å². The topological polar surface area (TPSA) is 23.5 Å². The van der Waals surface area contributed by atoms with Crippen molar-refractivity contribution in [3.63, 3.8) is 0 Å². The van der Waals surface area contributed by atoms with Gasteiger partial charge >= 0.3 is 0 Å². The van der Waals surface area contributed by atoms with Crippen LogP contribution in [0.5, 0.6) is 0 Å². The Morgan fingerprint density at radius 3 is 2.62 bits per heavy atom. The highest BCUT2D eigenvalue weighted by Gasteiger charge is 2.09. The van der Waals surface area contributed by atoms with Crippen LogP contribution in [0.15, 0.2) is 24.3 Å². The van der Waals surface area contributed by atoms with Crippen molar-refractivity contribution in [2.45, 2.75) is 6.92 Å². The molecule has 2 rings (SSSR count). The van der Waals surface area contributed by atoms with Gasteiger partial charge in [-0.05, 0) is 23.9 Å². The van der Waals surface area contributed by atoms with Crippen LogP contribution in [0.4, 0.5) is 5.00 Å². The average Bonchev–Trinajstić information content (AvgIpc) is 2.45. The fourth-order valence-corrected chi connectivity index (χ4v) is 2.55. The molecule has 68 valence electrons. The summed E-state index contributed by atoms with van der Waals surface area (Å²) in [6.45, 7) is 2.03. The van der Waals surface area contributed by atoms with E-state index in [1.807, 2.05) is 19.1 Å². The molecule has 0 bridgehead atoms. The van der Waals surface area contributed by atoms with Crippen molar-refractivity contribution < 1.29 is 5.21 Å². The minimum atomic E-state index is 0.918. The van der Waals surface area contributed by atoms with E-state index in [9.17, 15) is 5.21 Å². The van der Waals surface area contributed by atoms with Crippen LogP contribution in [0.25, 0.3) is 10.1 Å². The number of aryl methyl sites for hydroxylation is 1. The first kappa shape index (κ1) is 8.53. The summed E-state index contributed by atoms with van der Waals surface area (Å²) in [6, 6.07) is 8.18. The lowest BCUT2D eigenvalue weighted by atomic mass is 10.2. The molecule has 0 atom stereocenters. The second-order valence-corrected chi connectivity index (χ2v) is 4.08. The summed E-state index contributed by atoms with van der Waals surface area (Å²) in [5.74, 6) is 0. The molecule has 1 heterocycles. The molecule has 0 radical (unpaired) electrons. The average molecular weight is 193 g/mol. The predicted molar refractivity (Wildman–Crippen MR) is 56.8 cm³/mol. The quantitative estimate of drug-likeness (QED) is 0.704. The fraction of sp³-hybridized carbons (Fsp3) is 0.200. The Bertz CT molecular complexity index is 433. The Morgan fingerprint density at radius 1 is 1.31 bits per heavy atom. The molecule has 0 aliphatic carbocycles. The van der Waals surface area contributed by atoms with E-state index in [-0.39, 0.29) is 0 Å². The normalized spacial score (nSPS) is 10.7. The third-order valence-corrected chi connectivity index (χ3v) is 3.45. The summed E-state index contributed by atoms with van der Waals surface area (Å²) in [5, 5.41) is 12.7. The first-order valence-corrected chi connectivity index (χ1v) is 4.92. The van der Waals surface area contributed by atoms with Gasteiger partial charge in [0.2, 0.25) is 0 Å². The van der Waals surface area contributed by atoms with Gasteiger partial charge in [0.05, 0.1) is 0 Å². The highest BCUT2D eigenvalue weighted by molar-refractivity contribution is 7.23. The summed E-state index contributed by atoms with van der Waals surface area (Å²) in [5.41, 5.74) is 1.14. The number of anilines is 1. The predicted octanol–water partition coefficient (Wildman–Crippen LogP) is 3.04. The summed E-state index contributed by atoms with van der Waals surface area (Å²) in [6.07, 6.45) is 0. The van der Waals surface area contributed by atoms with E-state index in [4.69, 9.17) is 0 Å². The Hall–Kier alpha value is -1.06. The van der Waals surface area contributed by atoms with Gasteiger partial charge < -0.3 is 0 Å². The number of hydroxylamine groups is 1. The van der Waals surface area contributed by atoms with Gasteiger partial charge in [-0.3, -0.25) is 5.21 Å². The van der Waals surface area contributed by atoms with Crippen molar-refractivity contribution in [1.82, 2.24) is 0 Å². The van der Waals surface area contributed by atoms with E-state index in [2.05, 4.69) is 12.1 Å². The Kier molecular flexibility index (Phi) is 1.98. The van der Waals surface area contributed by atoms with Crippen molar-refractivity contribution in [3.8, 4) is 0 Å². The first-order chi connectivity index (χ1) is 6.20. The largest absolute Gasteiger partial charge is 0.288 e. The molecule has 0 spiro atoms. The van der Waals surface area contributed by atoms with E-state index >= 15 is 0 Å². The van der Waals surface area contributed by atoms with E-state index < -0.39 is 0 Å². The first-order valence-electron chi connectivity index (χ1n) is 4.11. The number of hydrogen-bond donors (Lipinski definition) is 1. The molecule has 0 saturated heterocycles. The van der Waals surface area contributed by atoms with Crippen molar-refractivity contribution >= 4 is 26.4 Å². The number of benzene rings is 1. The summed E-state index contributed by atoms with van der Waals surface area (Å²) >= 11 is 1.61. The van der Waals surface area contributed by atoms with Crippen LogP contribution >= 0.6 is 11.3 Å². The number of hydrogen-bond acceptors (Lipinski definition) is 3. The molecule has 0 aliphatic rings. The molecule has 2 aromatic rings. The van der Waals surface area contributed by atoms with Gasteiger partial charge in [0.1, 0.15) is 5.00 Å². The molecular formula is C10H11NOS. The van der Waals surface area contributed by atoms with Crippen molar-refractivity contribution in [1.29, 1.82) is 0 Å². The van der Waals surface area contributed by atoms with E-state index in [0.29, 0.717) is 0 Å². The van der Waals surface area contributed by atoms with E-state index in [0.717, 1.165) is 10.6 Å². The highest BCUT2D eigenvalue weighted by atomic mass is 32.1. The van der Waals surface area contributed by atoms with E-state index in [1.165, 1.54) is 15.1 Å². The van der Waals surface area contributed by atoms with E-state index in [1.54, 1.807) is 18.4 Å². The van der Waals surface area contributed by atoms with Crippen LogP contribution < -0.4 is 5.06 Å². The number of rotatable bonds is 1. The maximum absolute atomic E-state index is 9.35. The summed E-state index contributed by atoms with van der Waals surface area (Å²) in [4.78, 5) is 0. The molecule has 0 saturated carbocycles. The van der Waals surface area contributed by atoms with Gasteiger partial charge in [-0.2, -0.15) is 0 Å². The monoisotopic (exact) mass is 193 g/mol. The molecule has 13 heavy (non-hydrogen) atoms.